The number of benzene rings is 2. The van der Waals surface area contributed by atoms with Gasteiger partial charge < -0.3 is 5.11 Å². The minimum absolute atomic E-state index is 0.239. The Balaban J connectivity index is 2.57. The molecule has 0 fully saturated rings. The molecule has 0 saturated heterocycles. The Bertz CT molecular complexity index is 590. The van der Waals surface area contributed by atoms with Gasteiger partial charge in [0.05, 0.1) is 5.92 Å². The summed E-state index contributed by atoms with van der Waals surface area (Å²) in [4.78, 5) is 10.9. The van der Waals surface area contributed by atoms with E-state index in [4.69, 9.17) is 5.11 Å². The van der Waals surface area contributed by atoms with Crippen molar-refractivity contribution in [3.8, 4) is 0 Å². The number of hydrogen-bond donors (Lipinski definition) is 1. The van der Waals surface area contributed by atoms with Crippen LogP contribution >= 0.6 is 0 Å². The van der Waals surface area contributed by atoms with Crippen molar-refractivity contribution in [1.82, 2.24) is 0 Å². The molecular formula is C14H13FO2. The zero-order chi connectivity index (χ0) is 12.6. The maximum atomic E-state index is 13.3. The van der Waals surface area contributed by atoms with Crippen LogP contribution in [0, 0.1) is 12.7 Å². The molecule has 1 unspecified atom stereocenters. The summed E-state index contributed by atoms with van der Waals surface area (Å²) in [5.41, 5.74) is 1.30. The Morgan fingerprint density at radius 2 is 1.94 bits per heavy atom. The van der Waals surface area contributed by atoms with E-state index in [1.165, 1.54) is 6.07 Å². The maximum absolute atomic E-state index is 13.3. The van der Waals surface area contributed by atoms with Crippen LogP contribution in [-0.2, 0) is 4.79 Å². The minimum atomic E-state index is -0.858. The molecule has 0 spiro atoms. The Labute approximate surface area is 98.7 Å². The van der Waals surface area contributed by atoms with E-state index in [-0.39, 0.29) is 5.82 Å². The van der Waals surface area contributed by atoms with Gasteiger partial charge in [0, 0.05) is 0 Å². The summed E-state index contributed by atoms with van der Waals surface area (Å²) in [5, 5.41) is 10.6. The van der Waals surface area contributed by atoms with Crippen molar-refractivity contribution in [3.05, 3.63) is 47.3 Å². The second kappa shape index (κ2) is 4.17. The second-order valence-electron chi connectivity index (χ2n) is 4.27. The fraction of sp³-hybridized carbons (Fsp3) is 0.214. The van der Waals surface area contributed by atoms with Crippen LogP contribution in [0.15, 0.2) is 30.3 Å². The Hall–Kier alpha value is -1.90. The van der Waals surface area contributed by atoms with Crippen LogP contribution in [-0.4, -0.2) is 11.1 Å². The van der Waals surface area contributed by atoms with Crippen molar-refractivity contribution >= 4 is 16.7 Å². The highest BCUT2D eigenvalue weighted by molar-refractivity contribution is 5.86. The summed E-state index contributed by atoms with van der Waals surface area (Å²) < 4.78 is 13.3. The van der Waals surface area contributed by atoms with E-state index in [0.29, 0.717) is 5.56 Å². The first-order chi connectivity index (χ1) is 7.99. The standard InChI is InChI=1S/C14H13FO2/c1-8-5-12-6-10(9(2)14(16)17)3-4-11(12)7-13(8)15/h3-7,9H,1-2H3,(H,16,17). The lowest BCUT2D eigenvalue weighted by molar-refractivity contribution is -0.138. The van der Waals surface area contributed by atoms with Gasteiger partial charge in [-0.3, -0.25) is 4.79 Å². The lowest BCUT2D eigenvalue weighted by Gasteiger charge is -2.08. The largest absolute Gasteiger partial charge is 0.481 e. The zero-order valence-corrected chi connectivity index (χ0v) is 9.70. The predicted molar refractivity (Wildman–Crippen MR) is 64.7 cm³/mol. The first-order valence-corrected chi connectivity index (χ1v) is 5.41. The molecule has 2 aromatic carbocycles. The van der Waals surface area contributed by atoms with Crippen molar-refractivity contribution < 1.29 is 14.3 Å². The third-order valence-corrected chi connectivity index (χ3v) is 3.01. The highest BCUT2D eigenvalue weighted by atomic mass is 19.1. The van der Waals surface area contributed by atoms with Crippen LogP contribution in [0.4, 0.5) is 4.39 Å². The molecule has 0 aliphatic heterocycles. The van der Waals surface area contributed by atoms with E-state index in [9.17, 15) is 9.18 Å². The van der Waals surface area contributed by atoms with E-state index >= 15 is 0 Å². The summed E-state index contributed by atoms with van der Waals surface area (Å²) >= 11 is 0. The minimum Gasteiger partial charge on any atom is -0.481 e. The van der Waals surface area contributed by atoms with E-state index < -0.39 is 11.9 Å². The van der Waals surface area contributed by atoms with Gasteiger partial charge in [-0.1, -0.05) is 18.2 Å². The van der Waals surface area contributed by atoms with Crippen LogP contribution in [0.3, 0.4) is 0 Å². The quantitative estimate of drug-likeness (QED) is 0.860. The number of rotatable bonds is 2. The molecule has 1 N–H and O–H groups in total. The monoisotopic (exact) mass is 232 g/mol. The number of halogens is 1. The van der Waals surface area contributed by atoms with Gasteiger partial charge in [-0.15, -0.1) is 0 Å². The fourth-order valence-corrected chi connectivity index (χ4v) is 1.81. The predicted octanol–water partition coefficient (Wildman–Crippen LogP) is 3.48. The molecule has 0 amide bonds. The van der Waals surface area contributed by atoms with Crippen molar-refractivity contribution in [2.24, 2.45) is 0 Å². The third-order valence-electron chi connectivity index (χ3n) is 3.01. The smallest absolute Gasteiger partial charge is 0.310 e. The number of aliphatic carboxylic acids is 1. The fourth-order valence-electron chi connectivity index (χ4n) is 1.81. The molecule has 0 aromatic heterocycles. The molecule has 3 heteroatoms. The summed E-state index contributed by atoms with van der Waals surface area (Å²) in [7, 11) is 0. The van der Waals surface area contributed by atoms with Crippen LogP contribution < -0.4 is 0 Å². The molecule has 17 heavy (non-hydrogen) atoms. The number of carboxylic acids is 1. The van der Waals surface area contributed by atoms with Crippen molar-refractivity contribution in [2.75, 3.05) is 0 Å². The highest BCUT2D eigenvalue weighted by Gasteiger charge is 2.14. The summed E-state index contributed by atoms with van der Waals surface area (Å²) in [6.45, 7) is 3.34. The Morgan fingerprint density at radius 3 is 2.59 bits per heavy atom. The van der Waals surface area contributed by atoms with Gasteiger partial charge in [-0.2, -0.15) is 0 Å². The SMILES string of the molecule is Cc1cc2cc(C(C)C(=O)O)ccc2cc1F. The number of hydrogen-bond acceptors (Lipinski definition) is 1. The summed E-state index contributed by atoms with van der Waals surface area (Å²) in [6.07, 6.45) is 0. The first kappa shape index (κ1) is 11.6. The van der Waals surface area contributed by atoms with Crippen molar-refractivity contribution in [3.63, 3.8) is 0 Å². The molecule has 2 aromatic rings. The van der Waals surface area contributed by atoms with Crippen LogP contribution in [0.2, 0.25) is 0 Å². The van der Waals surface area contributed by atoms with E-state index in [1.54, 1.807) is 38.1 Å². The van der Waals surface area contributed by atoms with Gasteiger partial charge in [0.25, 0.3) is 0 Å². The molecule has 0 heterocycles. The van der Waals surface area contributed by atoms with Crippen molar-refractivity contribution in [1.29, 1.82) is 0 Å². The second-order valence-corrected chi connectivity index (χ2v) is 4.27. The maximum Gasteiger partial charge on any atom is 0.310 e. The highest BCUT2D eigenvalue weighted by Crippen LogP contribution is 2.24. The number of carbonyl (C=O) groups is 1. The molecule has 0 aliphatic rings. The van der Waals surface area contributed by atoms with Gasteiger partial charge in [0.1, 0.15) is 5.82 Å². The van der Waals surface area contributed by atoms with Gasteiger partial charge in [-0.25, -0.2) is 4.39 Å². The molecule has 0 aliphatic carbocycles. The lowest BCUT2D eigenvalue weighted by Crippen LogP contribution is -2.07. The van der Waals surface area contributed by atoms with E-state index in [2.05, 4.69) is 0 Å². The van der Waals surface area contributed by atoms with Crippen LogP contribution in [0.1, 0.15) is 24.0 Å². The van der Waals surface area contributed by atoms with Gasteiger partial charge in [0.15, 0.2) is 0 Å². The van der Waals surface area contributed by atoms with Crippen LogP contribution in [0.5, 0.6) is 0 Å². The average molecular weight is 232 g/mol. The summed E-state index contributed by atoms with van der Waals surface area (Å²) in [6, 6.07) is 8.51. The van der Waals surface area contributed by atoms with Crippen molar-refractivity contribution in [2.45, 2.75) is 19.8 Å². The Kier molecular flexibility index (Phi) is 2.84. The van der Waals surface area contributed by atoms with E-state index in [1.807, 2.05) is 0 Å². The zero-order valence-electron chi connectivity index (χ0n) is 9.70. The molecule has 0 radical (unpaired) electrons. The molecule has 1 atom stereocenters. The van der Waals surface area contributed by atoms with Gasteiger partial charge >= 0.3 is 5.97 Å². The number of carboxylic acid groups (broad SMARTS) is 1. The average Bonchev–Trinajstić information content (AvgIpc) is 2.29. The van der Waals surface area contributed by atoms with Gasteiger partial charge in [-0.05, 0) is 47.9 Å². The first-order valence-electron chi connectivity index (χ1n) is 5.41. The topological polar surface area (TPSA) is 37.3 Å². The molecule has 2 rings (SSSR count). The Morgan fingerprint density at radius 1 is 1.24 bits per heavy atom. The normalized spacial score (nSPS) is 12.6. The number of fused-ring (bicyclic) bond motifs is 1. The van der Waals surface area contributed by atoms with Crippen LogP contribution in [0.25, 0.3) is 10.8 Å². The molecule has 0 bridgehead atoms. The lowest BCUT2D eigenvalue weighted by atomic mass is 9.97. The summed E-state index contributed by atoms with van der Waals surface area (Å²) in [5.74, 6) is -1.65. The molecule has 2 nitrogen and oxygen atoms in total. The third kappa shape index (κ3) is 2.13. The number of aryl methyl sites for hydroxylation is 1. The van der Waals surface area contributed by atoms with Gasteiger partial charge in [0.2, 0.25) is 0 Å². The molecule has 88 valence electrons. The van der Waals surface area contributed by atoms with E-state index in [0.717, 1.165) is 16.3 Å². The molecular weight excluding hydrogens is 219 g/mol. The molecule has 0 saturated carbocycles.